The Morgan fingerprint density at radius 1 is 0.884 bits per heavy atom. The summed E-state index contributed by atoms with van der Waals surface area (Å²) < 4.78 is 62.5. The number of imidazole rings is 1. The van der Waals surface area contributed by atoms with Gasteiger partial charge in [-0.25, -0.2) is 28.6 Å². The van der Waals surface area contributed by atoms with E-state index in [2.05, 4.69) is 41.3 Å². The quantitative estimate of drug-likeness (QED) is 0.0232. The summed E-state index contributed by atoms with van der Waals surface area (Å²) >= 11 is 1.07. The molecule has 28 heteroatoms. The van der Waals surface area contributed by atoms with Crippen LogP contribution in [0.25, 0.3) is 11.2 Å². The number of hydrogen-bond acceptors (Lipinski definition) is 18. The predicted molar refractivity (Wildman–Crippen MR) is 256 cm³/mol. The zero-order valence-corrected chi connectivity index (χ0v) is 43.0. The number of aliphatic hydroxyl groups is 2. The summed E-state index contributed by atoms with van der Waals surface area (Å²) in [6.45, 7) is 2.77. The van der Waals surface area contributed by atoms with Crippen molar-refractivity contribution in [2.24, 2.45) is 5.41 Å². The van der Waals surface area contributed by atoms with Crippen molar-refractivity contribution in [2.45, 2.75) is 161 Å². The predicted octanol–water partition coefficient (Wildman–Crippen LogP) is 5.48. The SMILES string of the molecule is CCCCCCCCCCCCCCCCC/C=C/C(=O)SCCNC(=O)CCNC(=O)[C@H](O)C(C)(C)COP(=O)(O)OP(=O)(O)OC[C@H]1O[C@@H](n2cnc3c(N)ncnc32)[C@H](O)[C@@H]1OP(=O)(O)O. The molecule has 3 rings (SSSR count). The third kappa shape index (κ3) is 23.2. The number of ether oxygens (including phenoxy) is 1. The number of nitrogens with two attached hydrogens (primary N) is 1. The van der Waals surface area contributed by atoms with Crippen LogP contribution in [0.3, 0.4) is 0 Å². The van der Waals surface area contributed by atoms with Crippen molar-refractivity contribution in [3.8, 4) is 0 Å². The minimum atomic E-state index is -5.58. The van der Waals surface area contributed by atoms with Gasteiger partial charge >= 0.3 is 23.5 Å². The van der Waals surface area contributed by atoms with Gasteiger partial charge in [-0.3, -0.25) is 32.5 Å². The van der Waals surface area contributed by atoms with Crippen molar-refractivity contribution in [2.75, 3.05) is 37.8 Å². The number of nitrogens with one attached hydrogen (secondary N) is 2. The summed E-state index contributed by atoms with van der Waals surface area (Å²) in [5.74, 6) is -1.09. The molecule has 0 aromatic carbocycles. The van der Waals surface area contributed by atoms with E-state index >= 15 is 0 Å². The fraction of sp³-hybridized carbons (Fsp3) is 0.756. The van der Waals surface area contributed by atoms with E-state index in [9.17, 15) is 57.9 Å². The van der Waals surface area contributed by atoms with E-state index in [0.717, 1.165) is 48.2 Å². The second-order valence-corrected chi connectivity index (χ2v) is 22.7. The molecule has 0 bridgehead atoms. The van der Waals surface area contributed by atoms with Crippen LogP contribution in [-0.2, 0) is 50.7 Å². The molecule has 1 aliphatic rings. The Bertz CT molecular complexity index is 2080. The zero-order valence-electron chi connectivity index (χ0n) is 39.5. The van der Waals surface area contributed by atoms with Crippen molar-refractivity contribution in [3.63, 3.8) is 0 Å². The van der Waals surface area contributed by atoms with Gasteiger partial charge in [0.25, 0.3) is 0 Å². The number of carbonyl (C=O) groups excluding carboxylic acids is 3. The third-order valence-corrected chi connectivity index (χ3v) is 14.9. The van der Waals surface area contributed by atoms with Crippen molar-refractivity contribution in [3.05, 3.63) is 24.8 Å². The normalized spacial score (nSPS) is 20.0. The molecule has 24 nitrogen and oxygen atoms in total. The summed E-state index contributed by atoms with van der Waals surface area (Å²) in [5.41, 5.74) is 4.28. The van der Waals surface area contributed by atoms with Gasteiger partial charge in [0.1, 0.15) is 36.3 Å². The molecule has 0 radical (unpaired) electrons. The first-order valence-electron chi connectivity index (χ1n) is 23.3. The molecular weight excluding hydrogens is 987 g/mol. The number of rotatable bonds is 36. The second kappa shape index (κ2) is 30.4. The number of anilines is 1. The molecule has 2 amide bonds. The van der Waals surface area contributed by atoms with E-state index in [1.165, 1.54) is 97.3 Å². The number of hydrogen-bond donors (Lipinski definition) is 9. The Morgan fingerprint density at radius 3 is 2.09 bits per heavy atom. The number of phosphoric ester groups is 3. The average molecular weight is 1060 g/mol. The first-order chi connectivity index (χ1) is 32.6. The molecule has 69 heavy (non-hydrogen) atoms. The van der Waals surface area contributed by atoms with E-state index < -0.39 is 84.6 Å². The highest BCUT2D eigenvalue weighted by Gasteiger charge is 2.50. The number of carbonyl (C=O) groups is 3. The van der Waals surface area contributed by atoms with Gasteiger partial charge in [0.2, 0.25) is 16.9 Å². The van der Waals surface area contributed by atoms with Gasteiger partial charge < -0.3 is 50.9 Å². The molecule has 10 N–H and O–H groups in total. The van der Waals surface area contributed by atoms with E-state index in [0.29, 0.717) is 5.75 Å². The monoisotopic (exact) mass is 1060 g/mol. The number of phosphoric acid groups is 3. The van der Waals surface area contributed by atoms with Crippen LogP contribution in [0.4, 0.5) is 5.82 Å². The van der Waals surface area contributed by atoms with Crippen LogP contribution in [-0.4, -0.2) is 123 Å². The van der Waals surface area contributed by atoms with Gasteiger partial charge in [0.05, 0.1) is 19.5 Å². The van der Waals surface area contributed by atoms with Crippen LogP contribution < -0.4 is 16.4 Å². The number of unbranched alkanes of at least 4 members (excludes halogenated alkanes) is 15. The summed E-state index contributed by atoms with van der Waals surface area (Å²) in [7, 11) is -16.4. The Kier molecular flexibility index (Phi) is 26.7. The first-order valence-corrected chi connectivity index (χ1v) is 28.8. The number of aromatic nitrogens is 4. The maximum atomic E-state index is 12.7. The fourth-order valence-corrected chi connectivity index (χ4v) is 10.6. The molecule has 2 aromatic heterocycles. The first kappa shape index (κ1) is 60.6. The fourth-order valence-electron chi connectivity index (χ4n) is 7.14. The lowest BCUT2D eigenvalue weighted by Gasteiger charge is -2.30. The number of allylic oxidation sites excluding steroid dienone is 1. The highest BCUT2D eigenvalue weighted by Crippen LogP contribution is 2.61. The van der Waals surface area contributed by atoms with E-state index in [4.69, 9.17) is 19.5 Å². The molecule has 1 saturated heterocycles. The Morgan fingerprint density at radius 2 is 1.48 bits per heavy atom. The molecule has 2 unspecified atom stereocenters. The minimum Gasteiger partial charge on any atom is -0.386 e. The maximum Gasteiger partial charge on any atom is 0.481 e. The molecule has 1 aliphatic heterocycles. The van der Waals surface area contributed by atoms with E-state index in [-0.39, 0.29) is 41.6 Å². The lowest BCUT2D eigenvalue weighted by Crippen LogP contribution is -2.46. The minimum absolute atomic E-state index is 0.0327. The molecule has 0 aliphatic carbocycles. The molecule has 394 valence electrons. The molecule has 1 fully saturated rings. The van der Waals surface area contributed by atoms with Crippen LogP contribution in [0.1, 0.15) is 136 Å². The van der Waals surface area contributed by atoms with Crippen molar-refractivity contribution in [1.29, 1.82) is 0 Å². The number of nitrogen functional groups attached to an aromatic ring is 1. The van der Waals surface area contributed by atoms with Gasteiger partial charge in [-0.2, -0.15) is 4.31 Å². The summed E-state index contributed by atoms with van der Waals surface area (Å²) in [4.78, 5) is 88.3. The number of fused-ring (bicyclic) bond motifs is 1. The number of thioether (sulfide) groups is 1. The molecule has 3 heterocycles. The highest BCUT2D eigenvalue weighted by atomic mass is 32.2. The van der Waals surface area contributed by atoms with Crippen molar-refractivity contribution >= 4 is 69.1 Å². The highest BCUT2D eigenvalue weighted by molar-refractivity contribution is 8.14. The molecule has 2 aromatic rings. The number of amides is 2. The van der Waals surface area contributed by atoms with Crippen molar-refractivity contribution in [1.82, 2.24) is 30.2 Å². The largest absolute Gasteiger partial charge is 0.481 e. The Labute approximate surface area is 407 Å². The van der Waals surface area contributed by atoms with E-state index in [1.54, 1.807) is 6.08 Å². The number of nitrogens with zero attached hydrogens (tertiary/aromatic N) is 4. The Hall–Kier alpha value is -2.70. The Balaban J connectivity index is 1.28. The van der Waals surface area contributed by atoms with E-state index in [1.807, 2.05) is 6.08 Å². The topological polar surface area (TPSA) is 364 Å². The summed E-state index contributed by atoms with van der Waals surface area (Å²) in [6, 6.07) is 0. The van der Waals surface area contributed by atoms with Gasteiger partial charge in [-0.1, -0.05) is 129 Å². The zero-order chi connectivity index (χ0) is 51.1. The van der Waals surface area contributed by atoms with Crippen LogP contribution in [0.15, 0.2) is 24.8 Å². The standard InChI is InChI=1S/C41H72N7O17P3S/c1-4-5-6-7-8-9-10-11-12-13-14-15-16-17-18-19-20-21-32(50)69-25-24-43-31(49)22-23-44-39(53)36(52)41(2,3)27-62-68(59,60)65-67(57,58)61-26-30-35(64-66(54,55)56)34(51)40(63-30)48-29-47-33-37(42)45-28-46-38(33)48/h20-21,28-30,34-36,40,51-52H,4-19,22-27H2,1-3H3,(H,43,49)(H,44,53)(H,57,58)(H,59,60)(H2,42,45,46)(H2,54,55,56)/b21-20+/t30-,34-,35-,36+,40-/m1/s1. The van der Waals surface area contributed by atoms with Crippen LogP contribution in [0, 0.1) is 5.41 Å². The van der Waals surface area contributed by atoms with Crippen LogP contribution in [0.2, 0.25) is 0 Å². The summed E-state index contributed by atoms with van der Waals surface area (Å²) in [6.07, 6.45) is 16.8. The molecule has 0 spiro atoms. The average Bonchev–Trinajstić information content (AvgIpc) is 3.84. The smallest absolute Gasteiger partial charge is 0.386 e. The van der Waals surface area contributed by atoms with Gasteiger partial charge in [0, 0.05) is 30.7 Å². The van der Waals surface area contributed by atoms with Gasteiger partial charge in [0.15, 0.2) is 17.7 Å². The van der Waals surface area contributed by atoms with Crippen LogP contribution >= 0.6 is 35.2 Å². The number of aliphatic hydroxyl groups excluding tert-OH is 2. The maximum absolute atomic E-state index is 12.7. The van der Waals surface area contributed by atoms with Crippen molar-refractivity contribution < 1.29 is 80.5 Å². The molecular formula is C41H72N7O17P3S. The summed E-state index contributed by atoms with van der Waals surface area (Å²) in [5, 5.41) is 26.5. The lowest BCUT2D eigenvalue weighted by atomic mass is 9.87. The lowest BCUT2D eigenvalue weighted by molar-refractivity contribution is -0.137. The van der Waals surface area contributed by atoms with Gasteiger partial charge in [-0.05, 0) is 18.9 Å². The molecule has 7 atom stereocenters. The van der Waals surface area contributed by atoms with Gasteiger partial charge in [-0.15, -0.1) is 0 Å². The van der Waals surface area contributed by atoms with Crippen LogP contribution in [0.5, 0.6) is 0 Å². The third-order valence-electron chi connectivity index (χ3n) is 11.0. The molecule has 0 saturated carbocycles. The second-order valence-electron chi connectivity index (χ2n) is 17.4.